The number of hydrogen-bond donors (Lipinski definition) is 3. The van der Waals surface area contributed by atoms with Gasteiger partial charge in [0.2, 0.25) is 5.91 Å². The molecule has 7 heteroatoms. The van der Waals surface area contributed by atoms with Gasteiger partial charge < -0.3 is 20.9 Å². The molecule has 1 aromatic heterocycles. The molecule has 0 aliphatic carbocycles. The number of rotatable bonds is 7. The maximum absolute atomic E-state index is 12.3. The van der Waals surface area contributed by atoms with Crippen molar-refractivity contribution in [3.05, 3.63) is 46.2 Å². The topological polar surface area (TPSA) is 73.5 Å². The molecular formula is C19H26N4O2S. The van der Waals surface area contributed by atoms with Crippen LogP contribution in [0.15, 0.2) is 35.7 Å². The van der Waals surface area contributed by atoms with Crippen LogP contribution in [0.3, 0.4) is 0 Å². The number of nitrogens with one attached hydrogen (secondary N) is 3. The van der Waals surface area contributed by atoms with E-state index in [0.717, 1.165) is 5.56 Å². The van der Waals surface area contributed by atoms with Crippen LogP contribution in [0, 0.1) is 6.92 Å². The van der Waals surface area contributed by atoms with E-state index in [1.807, 2.05) is 44.6 Å². The highest BCUT2D eigenvalue weighted by Crippen LogP contribution is 2.23. The third-order valence-corrected chi connectivity index (χ3v) is 5.02. The number of anilines is 2. The molecule has 2 rings (SSSR count). The monoisotopic (exact) mass is 374 g/mol. The van der Waals surface area contributed by atoms with Gasteiger partial charge in [-0.25, -0.2) is 4.79 Å². The third kappa shape index (κ3) is 5.57. The van der Waals surface area contributed by atoms with Crippen LogP contribution in [0.25, 0.3) is 0 Å². The maximum atomic E-state index is 12.3. The first-order chi connectivity index (χ1) is 12.4. The second kappa shape index (κ2) is 9.35. The zero-order valence-corrected chi connectivity index (χ0v) is 16.4. The van der Waals surface area contributed by atoms with Crippen molar-refractivity contribution in [1.29, 1.82) is 0 Å². The van der Waals surface area contributed by atoms with Gasteiger partial charge in [0.25, 0.3) is 0 Å². The molecule has 1 atom stereocenters. The van der Waals surface area contributed by atoms with E-state index >= 15 is 0 Å². The fourth-order valence-corrected chi connectivity index (χ4v) is 3.38. The van der Waals surface area contributed by atoms with Gasteiger partial charge in [0, 0.05) is 29.2 Å². The number of carbonyl (C=O) groups excluding carboxylic acids is 2. The summed E-state index contributed by atoms with van der Waals surface area (Å²) in [5.74, 6) is -0.0611. The Bertz CT molecular complexity index is 744. The fourth-order valence-electron chi connectivity index (χ4n) is 2.46. The van der Waals surface area contributed by atoms with Gasteiger partial charge >= 0.3 is 6.03 Å². The summed E-state index contributed by atoms with van der Waals surface area (Å²) in [7, 11) is 3.99. The number of urea groups is 1. The summed E-state index contributed by atoms with van der Waals surface area (Å²) in [5, 5.41) is 10.6. The van der Waals surface area contributed by atoms with Crippen LogP contribution in [0.2, 0.25) is 0 Å². The second-order valence-electron chi connectivity index (χ2n) is 6.26. The molecule has 0 fully saturated rings. The van der Waals surface area contributed by atoms with Gasteiger partial charge in [-0.1, -0.05) is 19.1 Å². The van der Waals surface area contributed by atoms with Crippen molar-refractivity contribution in [3.8, 4) is 0 Å². The van der Waals surface area contributed by atoms with Crippen molar-refractivity contribution in [3.63, 3.8) is 0 Å². The smallest absolute Gasteiger partial charge is 0.319 e. The minimum absolute atomic E-state index is 0.0611. The predicted octanol–water partition coefficient (Wildman–Crippen LogP) is 3.83. The Kier molecular flexibility index (Phi) is 7.17. The van der Waals surface area contributed by atoms with Crippen LogP contribution in [0.5, 0.6) is 0 Å². The van der Waals surface area contributed by atoms with Crippen molar-refractivity contribution < 1.29 is 9.59 Å². The van der Waals surface area contributed by atoms with Crippen LogP contribution in [-0.2, 0) is 4.79 Å². The first kappa shape index (κ1) is 19.9. The normalized spacial score (nSPS) is 11.9. The molecule has 0 bridgehead atoms. The van der Waals surface area contributed by atoms with E-state index < -0.39 is 0 Å². The molecule has 0 saturated carbocycles. The summed E-state index contributed by atoms with van der Waals surface area (Å²) in [6, 6.07) is 9.40. The van der Waals surface area contributed by atoms with Crippen LogP contribution >= 0.6 is 11.3 Å². The zero-order chi connectivity index (χ0) is 19.1. The number of benzene rings is 1. The molecule has 2 aromatic rings. The van der Waals surface area contributed by atoms with Crippen molar-refractivity contribution in [2.24, 2.45) is 0 Å². The van der Waals surface area contributed by atoms with E-state index in [4.69, 9.17) is 0 Å². The summed E-state index contributed by atoms with van der Waals surface area (Å²) in [4.78, 5) is 27.2. The summed E-state index contributed by atoms with van der Waals surface area (Å²) in [6.07, 6.45) is 0.409. The van der Waals surface area contributed by atoms with Crippen LogP contribution in [-0.4, -0.2) is 37.5 Å². The van der Waals surface area contributed by atoms with E-state index in [1.165, 1.54) is 4.88 Å². The molecule has 0 radical (unpaired) electrons. The Labute approximate surface area is 158 Å². The number of aryl methyl sites for hydroxylation is 1. The maximum Gasteiger partial charge on any atom is 0.319 e. The van der Waals surface area contributed by atoms with Gasteiger partial charge in [0.1, 0.15) is 0 Å². The standard InChI is InChI=1S/C19H26N4O2S/c1-5-18(24)21-14-9-8-13(2)15(11-14)22-19(25)20-12-16(23(3)4)17-7-6-10-26-17/h6-11,16H,5,12H2,1-4H3,(H,21,24)(H2,20,22,25). The molecule has 0 saturated heterocycles. The van der Waals surface area contributed by atoms with Crippen molar-refractivity contribution in [2.45, 2.75) is 26.3 Å². The van der Waals surface area contributed by atoms with E-state index in [0.29, 0.717) is 24.3 Å². The second-order valence-corrected chi connectivity index (χ2v) is 7.24. The Morgan fingerprint density at radius 3 is 2.58 bits per heavy atom. The van der Waals surface area contributed by atoms with Crippen molar-refractivity contribution >= 4 is 34.6 Å². The average molecular weight is 375 g/mol. The summed E-state index contributed by atoms with van der Waals surface area (Å²) in [6.45, 7) is 4.21. The number of carbonyl (C=O) groups is 2. The molecule has 3 amide bonds. The largest absolute Gasteiger partial charge is 0.336 e. The fraction of sp³-hybridized carbons (Fsp3) is 0.368. The van der Waals surface area contributed by atoms with E-state index in [2.05, 4.69) is 26.9 Å². The Hall–Kier alpha value is -2.38. The number of nitrogens with zero attached hydrogens (tertiary/aromatic N) is 1. The lowest BCUT2D eigenvalue weighted by Crippen LogP contribution is -2.36. The van der Waals surface area contributed by atoms with E-state index in [-0.39, 0.29) is 18.0 Å². The highest BCUT2D eigenvalue weighted by molar-refractivity contribution is 7.10. The first-order valence-corrected chi connectivity index (χ1v) is 9.43. The molecule has 3 N–H and O–H groups in total. The Balaban J connectivity index is 1.98. The molecule has 0 aliphatic heterocycles. The molecule has 1 unspecified atom stereocenters. The summed E-state index contributed by atoms with van der Waals surface area (Å²) < 4.78 is 0. The van der Waals surface area contributed by atoms with Gasteiger partial charge in [-0.3, -0.25) is 4.79 Å². The van der Waals surface area contributed by atoms with Gasteiger partial charge in [-0.15, -0.1) is 11.3 Å². The number of hydrogen-bond acceptors (Lipinski definition) is 4. The Morgan fingerprint density at radius 2 is 1.96 bits per heavy atom. The van der Waals surface area contributed by atoms with Crippen LogP contribution in [0.1, 0.15) is 29.8 Å². The van der Waals surface area contributed by atoms with Gasteiger partial charge in [0.15, 0.2) is 0 Å². The first-order valence-electron chi connectivity index (χ1n) is 8.56. The highest BCUT2D eigenvalue weighted by atomic mass is 32.1. The number of amides is 3. The highest BCUT2D eigenvalue weighted by Gasteiger charge is 2.16. The summed E-state index contributed by atoms with van der Waals surface area (Å²) >= 11 is 1.67. The predicted molar refractivity (Wildman–Crippen MR) is 108 cm³/mol. The van der Waals surface area contributed by atoms with Gasteiger partial charge in [0.05, 0.1) is 6.04 Å². The summed E-state index contributed by atoms with van der Waals surface area (Å²) in [5.41, 5.74) is 2.27. The molecular weight excluding hydrogens is 348 g/mol. The van der Waals surface area contributed by atoms with Gasteiger partial charge in [-0.05, 0) is 50.2 Å². The lowest BCUT2D eigenvalue weighted by Gasteiger charge is -2.23. The lowest BCUT2D eigenvalue weighted by molar-refractivity contribution is -0.115. The van der Waals surface area contributed by atoms with E-state index in [1.54, 1.807) is 24.3 Å². The lowest BCUT2D eigenvalue weighted by atomic mass is 10.1. The zero-order valence-electron chi connectivity index (χ0n) is 15.6. The van der Waals surface area contributed by atoms with Crippen LogP contribution < -0.4 is 16.0 Å². The van der Waals surface area contributed by atoms with Crippen molar-refractivity contribution in [1.82, 2.24) is 10.2 Å². The van der Waals surface area contributed by atoms with E-state index in [9.17, 15) is 9.59 Å². The minimum Gasteiger partial charge on any atom is -0.336 e. The molecule has 140 valence electrons. The Morgan fingerprint density at radius 1 is 1.19 bits per heavy atom. The molecule has 0 aliphatic rings. The SMILES string of the molecule is CCC(=O)Nc1ccc(C)c(NC(=O)NCC(c2cccs2)N(C)C)c1. The van der Waals surface area contributed by atoms with Crippen molar-refractivity contribution in [2.75, 3.05) is 31.3 Å². The molecule has 6 nitrogen and oxygen atoms in total. The number of thiophene rings is 1. The molecule has 1 aromatic carbocycles. The molecule has 0 spiro atoms. The molecule has 26 heavy (non-hydrogen) atoms. The minimum atomic E-state index is -0.268. The van der Waals surface area contributed by atoms with Crippen LogP contribution in [0.4, 0.5) is 16.2 Å². The third-order valence-electron chi connectivity index (χ3n) is 4.04. The number of likely N-dealkylation sites (N-methyl/N-ethyl adjacent to an activating group) is 1. The molecule has 1 heterocycles. The van der Waals surface area contributed by atoms with Gasteiger partial charge in [-0.2, -0.15) is 0 Å². The quantitative estimate of drug-likeness (QED) is 0.690. The average Bonchev–Trinajstić information content (AvgIpc) is 3.11.